The van der Waals surface area contributed by atoms with Gasteiger partial charge in [-0.3, -0.25) is 4.79 Å². The molecule has 3 N–H and O–H groups in total. The number of rotatable bonds is 14. The number of aliphatic hydroxyl groups excluding tert-OH is 2. The molecule has 194 valence electrons. The molecule has 1 aromatic rings. The molecule has 3 atom stereocenters. The number of allylic oxidation sites excluding steroid dienone is 4. The molecule has 0 radical (unpaired) electrons. The molecule has 0 saturated carbocycles. The van der Waals surface area contributed by atoms with Crippen LogP contribution < -0.4 is 4.74 Å². The molecule has 1 rings (SSSR count). The van der Waals surface area contributed by atoms with Crippen molar-refractivity contribution in [1.82, 2.24) is 0 Å². The number of ether oxygens (including phenoxy) is 2. The van der Waals surface area contributed by atoms with Gasteiger partial charge in [0.15, 0.2) is 0 Å². The number of methoxy groups -OCH3 is 1. The van der Waals surface area contributed by atoms with Gasteiger partial charge in [-0.1, -0.05) is 36.0 Å². The molecule has 0 saturated heterocycles. The molecule has 6 heteroatoms. The van der Waals surface area contributed by atoms with Crippen molar-refractivity contribution in [2.45, 2.75) is 84.5 Å². The lowest BCUT2D eigenvalue weighted by Crippen LogP contribution is -2.30. The Morgan fingerprint density at radius 3 is 2.43 bits per heavy atom. The van der Waals surface area contributed by atoms with Crippen LogP contribution >= 0.6 is 0 Å². The van der Waals surface area contributed by atoms with Crippen molar-refractivity contribution in [2.75, 3.05) is 7.11 Å². The Morgan fingerprint density at radius 1 is 1.14 bits per heavy atom. The molecule has 0 aliphatic carbocycles. The first kappa shape index (κ1) is 30.2. The number of carbonyl (C=O) groups excluding carboxylic acids is 1. The summed E-state index contributed by atoms with van der Waals surface area (Å²) in [4.78, 5) is 11.7. The number of phenols is 1. The second kappa shape index (κ2) is 14.5. The maximum atomic E-state index is 11.7. The smallest absolute Gasteiger partial charge is 0.310 e. The fraction of sp³-hybridized carbons (Fsp3) is 0.483. The van der Waals surface area contributed by atoms with Gasteiger partial charge in [-0.25, -0.2) is 0 Å². The van der Waals surface area contributed by atoms with Gasteiger partial charge in [-0.2, -0.15) is 0 Å². The van der Waals surface area contributed by atoms with Gasteiger partial charge < -0.3 is 24.8 Å². The number of phenolic OH excluding ortho intramolecular Hbond substituents is 1. The van der Waals surface area contributed by atoms with E-state index >= 15 is 0 Å². The molecule has 0 unspecified atom stereocenters. The average molecular weight is 487 g/mol. The molecule has 0 aromatic heterocycles. The van der Waals surface area contributed by atoms with Gasteiger partial charge in [0.2, 0.25) is 0 Å². The predicted molar refractivity (Wildman–Crippen MR) is 140 cm³/mol. The standard InChI is InChI=1S/C29H42O6/c1-8-29(6,35-26-15-14-24(30)18-23(26)19-27(32)34-7)16-10-12-21(4)11-9-13-22(5)28(33)25(31)17-20(2)3/h8,12-15,17-18,25,28,30-31,33H,1,9-11,16,19H2,2-7H3/t25-,28-,29-/m0/s1. The van der Waals surface area contributed by atoms with Gasteiger partial charge in [0.05, 0.1) is 13.5 Å². The fourth-order valence-electron chi connectivity index (χ4n) is 3.53. The minimum Gasteiger partial charge on any atom is -0.508 e. The Kier molecular flexibility index (Phi) is 12.5. The topological polar surface area (TPSA) is 96.2 Å². The Hall–Kier alpha value is -2.83. The summed E-state index contributed by atoms with van der Waals surface area (Å²) in [6.07, 6.45) is 8.79. The SMILES string of the molecule is C=C[C@@](C)(CCC=C(C)CCC=C(C)[C@H](O)[C@@H](O)C=C(C)C)Oc1ccc(O)cc1CC(=O)OC. The highest BCUT2D eigenvalue weighted by atomic mass is 16.5. The lowest BCUT2D eigenvalue weighted by molar-refractivity contribution is -0.139. The highest BCUT2D eigenvalue weighted by Gasteiger charge is 2.24. The quantitative estimate of drug-likeness (QED) is 0.235. The third kappa shape index (κ3) is 11.0. The maximum absolute atomic E-state index is 11.7. The van der Waals surface area contributed by atoms with Crippen molar-refractivity contribution in [2.24, 2.45) is 0 Å². The van der Waals surface area contributed by atoms with E-state index in [0.717, 1.165) is 30.4 Å². The third-order valence-corrected chi connectivity index (χ3v) is 5.81. The number of hydrogen-bond acceptors (Lipinski definition) is 6. The van der Waals surface area contributed by atoms with E-state index in [2.05, 4.69) is 19.6 Å². The van der Waals surface area contributed by atoms with Crippen molar-refractivity contribution < 1.29 is 29.6 Å². The van der Waals surface area contributed by atoms with Gasteiger partial charge in [0.1, 0.15) is 29.3 Å². The summed E-state index contributed by atoms with van der Waals surface area (Å²) in [6, 6.07) is 4.67. The number of benzene rings is 1. The van der Waals surface area contributed by atoms with Gasteiger partial charge in [0, 0.05) is 5.56 Å². The summed E-state index contributed by atoms with van der Waals surface area (Å²) in [6.45, 7) is 13.5. The molecule has 0 amide bonds. The van der Waals surface area contributed by atoms with E-state index in [1.807, 2.05) is 33.8 Å². The number of aliphatic hydroxyl groups is 2. The number of aromatic hydroxyl groups is 1. The monoisotopic (exact) mass is 486 g/mol. The number of carbonyl (C=O) groups is 1. The van der Waals surface area contributed by atoms with E-state index in [4.69, 9.17) is 9.47 Å². The summed E-state index contributed by atoms with van der Waals surface area (Å²) in [5.41, 5.74) is 2.82. The Labute approximate surface area is 210 Å². The molecule has 35 heavy (non-hydrogen) atoms. The van der Waals surface area contributed by atoms with E-state index in [1.54, 1.807) is 18.2 Å². The van der Waals surface area contributed by atoms with Gasteiger partial charge in [-0.05, 0) is 90.2 Å². The molecule has 0 aliphatic rings. The first-order valence-corrected chi connectivity index (χ1v) is 12.0. The normalized spacial score (nSPS) is 15.5. The second-order valence-electron chi connectivity index (χ2n) is 9.42. The summed E-state index contributed by atoms with van der Waals surface area (Å²) in [7, 11) is 1.32. The zero-order chi connectivity index (χ0) is 26.6. The lowest BCUT2D eigenvalue weighted by atomic mass is 9.97. The van der Waals surface area contributed by atoms with Gasteiger partial charge >= 0.3 is 5.97 Å². The van der Waals surface area contributed by atoms with Crippen LogP contribution in [0.25, 0.3) is 0 Å². The third-order valence-electron chi connectivity index (χ3n) is 5.81. The molecular weight excluding hydrogens is 444 g/mol. The minimum absolute atomic E-state index is 0.000530. The van der Waals surface area contributed by atoms with Crippen LogP contribution in [0, 0.1) is 0 Å². The van der Waals surface area contributed by atoms with E-state index in [-0.39, 0.29) is 12.2 Å². The Balaban J connectivity index is 2.72. The first-order valence-electron chi connectivity index (χ1n) is 12.0. The van der Waals surface area contributed by atoms with Crippen molar-refractivity contribution >= 4 is 5.97 Å². The lowest BCUT2D eigenvalue weighted by Gasteiger charge is -2.28. The maximum Gasteiger partial charge on any atom is 0.310 e. The zero-order valence-corrected chi connectivity index (χ0v) is 22.0. The van der Waals surface area contributed by atoms with Gasteiger partial charge in [-0.15, -0.1) is 0 Å². The average Bonchev–Trinajstić information content (AvgIpc) is 2.79. The molecule has 1 aromatic carbocycles. The highest BCUT2D eigenvalue weighted by molar-refractivity contribution is 5.73. The van der Waals surface area contributed by atoms with Crippen LogP contribution in [0.15, 0.2) is 65.8 Å². The second-order valence-corrected chi connectivity index (χ2v) is 9.42. The molecule has 0 fully saturated rings. The summed E-state index contributed by atoms with van der Waals surface area (Å²) in [5, 5.41) is 30.1. The molecule has 0 spiro atoms. The molecule has 0 bridgehead atoms. The van der Waals surface area contributed by atoms with Crippen LogP contribution in [0.1, 0.15) is 65.9 Å². The van der Waals surface area contributed by atoms with Crippen molar-refractivity contribution in [1.29, 1.82) is 0 Å². The van der Waals surface area contributed by atoms with Crippen LogP contribution in [0.2, 0.25) is 0 Å². The van der Waals surface area contributed by atoms with Crippen LogP contribution in [-0.2, 0) is 16.0 Å². The van der Waals surface area contributed by atoms with Crippen LogP contribution in [0.4, 0.5) is 0 Å². The van der Waals surface area contributed by atoms with E-state index < -0.39 is 23.8 Å². The van der Waals surface area contributed by atoms with Crippen molar-refractivity contribution in [3.8, 4) is 11.5 Å². The fourth-order valence-corrected chi connectivity index (χ4v) is 3.53. The number of esters is 1. The van der Waals surface area contributed by atoms with Gasteiger partial charge in [0.25, 0.3) is 0 Å². The van der Waals surface area contributed by atoms with Crippen molar-refractivity contribution in [3.05, 3.63) is 71.4 Å². The van der Waals surface area contributed by atoms with E-state index in [0.29, 0.717) is 17.7 Å². The van der Waals surface area contributed by atoms with Crippen LogP contribution in [-0.4, -0.2) is 46.2 Å². The zero-order valence-electron chi connectivity index (χ0n) is 22.0. The largest absolute Gasteiger partial charge is 0.508 e. The van der Waals surface area contributed by atoms with E-state index in [1.165, 1.54) is 24.8 Å². The summed E-state index contributed by atoms with van der Waals surface area (Å²) < 4.78 is 11.0. The van der Waals surface area contributed by atoms with Crippen LogP contribution in [0.3, 0.4) is 0 Å². The first-order chi connectivity index (χ1) is 16.4. The molecule has 0 heterocycles. The van der Waals surface area contributed by atoms with Crippen molar-refractivity contribution in [3.63, 3.8) is 0 Å². The number of hydrogen-bond donors (Lipinski definition) is 3. The Bertz CT molecular complexity index is 938. The highest BCUT2D eigenvalue weighted by Crippen LogP contribution is 2.30. The molecule has 0 aliphatic heterocycles. The predicted octanol–water partition coefficient (Wildman–Crippen LogP) is 5.57. The molecular formula is C29H42O6. The van der Waals surface area contributed by atoms with E-state index in [9.17, 15) is 20.1 Å². The summed E-state index contributed by atoms with van der Waals surface area (Å²) >= 11 is 0. The minimum atomic E-state index is -0.899. The summed E-state index contributed by atoms with van der Waals surface area (Å²) in [5.74, 6) is 0.145. The van der Waals surface area contributed by atoms with Crippen LogP contribution in [0.5, 0.6) is 11.5 Å². The Morgan fingerprint density at radius 2 is 1.83 bits per heavy atom. The molecule has 6 nitrogen and oxygen atoms in total.